The van der Waals surface area contributed by atoms with E-state index in [0.717, 1.165) is 0 Å². The Morgan fingerprint density at radius 2 is 1.12 bits per heavy atom. The molecule has 0 aliphatic heterocycles. The maximum Gasteiger partial charge on any atom is 0.246 e. The summed E-state index contributed by atoms with van der Waals surface area (Å²) in [5.41, 5.74) is 0. The molecule has 0 saturated carbocycles. The van der Waals surface area contributed by atoms with Crippen LogP contribution in [0.5, 0.6) is 0 Å². The van der Waals surface area contributed by atoms with Gasteiger partial charge in [0.15, 0.2) is 11.6 Å². The summed E-state index contributed by atoms with van der Waals surface area (Å²) in [5.74, 6) is -0.134. The predicted octanol–water partition coefficient (Wildman–Crippen LogP) is -2.17. The van der Waals surface area contributed by atoms with E-state index in [2.05, 4.69) is 31.0 Å². The second-order valence-corrected chi connectivity index (χ2v) is 4.88. The fourth-order valence-electron chi connectivity index (χ4n) is 1.48. The Bertz CT molecular complexity index is 482. The number of aromatic nitrogens is 4. The first kappa shape index (κ1) is 21.8. The van der Waals surface area contributed by atoms with Crippen LogP contribution in [0.1, 0.15) is 11.6 Å². The number of amides is 2. The lowest BCUT2D eigenvalue weighted by molar-refractivity contribution is -0.127. The van der Waals surface area contributed by atoms with Crippen LogP contribution in [0.25, 0.3) is 0 Å². The molecular weight excluding hydrogens is 348 g/mol. The van der Waals surface area contributed by atoms with Crippen molar-refractivity contribution in [3.63, 3.8) is 0 Å². The molecule has 0 fully saturated rings. The van der Waals surface area contributed by atoms with Crippen molar-refractivity contribution in [3.8, 4) is 0 Å². The Kier molecular flexibility index (Phi) is 11.7. The van der Waals surface area contributed by atoms with E-state index in [1.807, 2.05) is 0 Å². The number of nitrogens with one attached hydrogen (secondary N) is 2. The summed E-state index contributed by atoms with van der Waals surface area (Å²) >= 11 is 0. The normalized spacial score (nSPS) is 10.5. The molecule has 2 N–H and O–H groups in total. The molecule has 0 radical (unpaired) electrons. The molecule has 1 aromatic heterocycles. The highest BCUT2D eigenvalue weighted by molar-refractivity contribution is 5.77. The number of nitrogens with zero attached hydrogens (tertiary/aromatic N) is 4. The first-order valence-electron chi connectivity index (χ1n) is 7.87. The largest absolute Gasteiger partial charge is 0.382 e. The van der Waals surface area contributed by atoms with Crippen molar-refractivity contribution in [3.05, 3.63) is 11.6 Å². The van der Waals surface area contributed by atoms with Crippen LogP contribution in [0.3, 0.4) is 0 Å². The maximum atomic E-state index is 11.5. The minimum atomic E-state index is -0.311. The Morgan fingerprint density at radius 3 is 1.46 bits per heavy atom. The van der Waals surface area contributed by atoms with Gasteiger partial charge in [-0.05, 0) is 0 Å². The smallest absolute Gasteiger partial charge is 0.246 e. The molecule has 0 atom stereocenters. The van der Waals surface area contributed by atoms with Crippen LogP contribution in [0.4, 0.5) is 0 Å². The topological polar surface area (TPSA) is 147 Å². The van der Waals surface area contributed by atoms with Gasteiger partial charge in [0.05, 0.1) is 39.5 Å². The van der Waals surface area contributed by atoms with Gasteiger partial charge >= 0.3 is 0 Å². The zero-order valence-corrected chi connectivity index (χ0v) is 14.9. The SMILES string of the molecule is COCCOCC(=O)NCc1nnc(CNC(=O)COCCOC)nn1. The number of hydrogen-bond acceptors (Lipinski definition) is 10. The Labute approximate surface area is 151 Å². The Morgan fingerprint density at radius 1 is 0.731 bits per heavy atom. The number of methoxy groups -OCH3 is 2. The van der Waals surface area contributed by atoms with Crippen molar-refractivity contribution in [2.24, 2.45) is 0 Å². The third kappa shape index (κ3) is 10.6. The summed E-state index contributed by atoms with van der Waals surface area (Å²) in [7, 11) is 3.10. The molecule has 2 amide bonds. The van der Waals surface area contributed by atoms with Gasteiger partial charge in [0.1, 0.15) is 13.2 Å². The first-order chi connectivity index (χ1) is 12.7. The van der Waals surface area contributed by atoms with Crippen molar-refractivity contribution in [1.29, 1.82) is 0 Å². The predicted molar refractivity (Wildman–Crippen MR) is 86.7 cm³/mol. The molecule has 0 spiro atoms. The minimum absolute atomic E-state index is 0.0758. The van der Waals surface area contributed by atoms with Gasteiger partial charge < -0.3 is 29.6 Å². The summed E-state index contributed by atoms with van der Waals surface area (Å²) in [6.07, 6.45) is 0. The van der Waals surface area contributed by atoms with Gasteiger partial charge in [0, 0.05) is 14.2 Å². The van der Waals surface area contributed by atoms with Gasteiger partial charge in [-0.3, -0.25) is 9.59 Å². The van der Waals surface area contributed by atoms with Gasteiger partial charge in [-0.15, -0.1) is 20.4 Å². The number of carbonyl (C=O) groups excluding carboxylic acids is 2. The summed E-state index contributed by atoms with van der Waals surface area (Å²) in [6.45, 7) is 1.49. The van der Waals surface area contributed by atoms with Gasteiger partial charge in [-0.25, -0.2) is 0 Å². The number of hydrogen-bond donors (Lipinski definition) is 2. The lowest BCUT2D eigenvalue weighted by Crippen LogP contribution is -2.30. The van der Waals surface area contributed by atoms with E-state index in [1.54, 1.807) is 14.2 Å². The zero-order chi connectivity index (χ0) is 19.0. The van der Waals surface area contributed by atoms with Crippen LogP contribution < -0.4 is 10.6 Å². The monoisotopic (exact) mass is 372 g/mol. The Hall–Kier alpha value is -2.28. The second-order valence-electron chi connectivity index (χ2n) is 4.88. The highest BCUT2D eigenvalue weighted by atomic mass is 16.5. The molecule has 0 aliphatic carbocycles. The van der Waals surface area contributed by atoms with E-state index >= 15 is 0 Å². The lowest BCUT2D eigenvalue weighted by Gasteiger charge is -2.06. The zero-order valence-electron chi connectivity index (χ0n) is 14.9. The molecule has 0 aromatic carbocycles. The number of ether oxygens (including phenoxy) is 4. The molecule has 26 heavy (non-hydrogen) atoms. The highest BCUT2D eigenvalue weighted by Crippen LogP contribution is 1.88. The third-order valence-electron chi connectivity index (χ3n) is 2.78. The molecule has 0 saturated heterocycles. The quantitative estimate of drug-likeness (QED) is 0.346. The van der Waals surface area contributed by atoms with Gasteiger partial charge in [0.25, 0.3) is 0 Å². The number of carbonyl (C=O) groups is 2. The summed E-state index contributed by atoms with van der Waals surface area (Å²) in [4.78, 5) is 23.0. The minimum Gasteiger partial charge on any atom is -0.382 e. The first-order valence-corrected chi connectivity index (χ1v) is 7.87. The second kappa shape index (κ2) is 13.9. The van der Waals surface area contributed by atoms with E-state index in [0.29, 0.717) is 26.4 Å². The highest BCUT2D eigenvalue weighted by Gasteiger charge is 2.07. The van der Waals surface area contributed by atoms with Gasteiger partial charge in [-0.1, -0.05) is 0 Å². The summed E-state index contributed by atoms with van der Waals surface area (Å²) < 4.78 is 19.7. The van der Waals surface area contributed by atoms with Crippen molar-refractivity contribution in [1.82, 2.24) is 31.0 Å². The van der Waals surface area contributed by atoms with Crippen molar-refractivity contribution < 1.29 is 28.5 Å². The van der Waals surface area contributed by atoms with Gasteiger partial charge in [0.2, 0.25) is 11.8 Å². The van der Waals surface area contributed by atoms with Crippen LogP contribution in [-0.2, 0) is 41.6 Å². The van der Waals surface area contributed by atoms with Crippen LogP contribution in [-0.4, -0.2) is 86.1 Å². The molecule has 1 heterocycles. The van der Waals surface area contributed by atoms with Crippen LogP contribution in [0.2, 0.25) is 0 Å². The molecule has 1 aromatic rings. The van der Waals surface area contributed by atoms with Crippen molar-refractivity contribution in [2.45, 2.75) is 13.1 Å². The molecule has 146 valence electrons. The summed E-state index contributed by atoms with van der Waals surface area (Å²) in [5, 5.41) is 20.5. The van der Waals surface area contributed by atoms with Crippen LogP contribution in [0.15, 0.2) is 0 Å². The maximum absolute atomic E-state index is 11.5. The summed E-state index contributed by atoms with van der Waals surface area (Å²) in [6, 6.07) is 0. The fourth-order valence-corrected chi connectivity index (χ4v) is 1.48. The van der Waals surface area contributed by atoms with Crippen molar-refractivity contribution in [2.75, 3.05) is 53.9 Å². The molecule has 0 unspecified atom stereocenters. The Balaban J connectivity index is 2.20. The average molecular weight is 372 g/mol. The third-order valence-corrected chi connectivity index (χ3v) is 2.78. The molecule has 1 rings (SSSR count). The molecule has 12 nitrogen and oxygen atoms in total. The fraction of sp³-hybridized carbons (Fsp3) is 0.714. The van der Waals surface area contributed by atoms with Crippen LogP contribution >= 0.6 is 0 Å². The van der Waals surface area contributed by atoms with E-state index in [4.69, 9.17) is 18.9 Å². The van der Waals surface area contributed by atoms with E-state index in [1.165, 1.54) is 0 Å². The van der Waals surface area contributed by atoms with Gasteiger partial charge in [-0.2, -0.15) is 0 Å². The molecule has 12 heteroatoms. The van der Waals surface area contributed by atoms with Crippen LogP contribution in [0, 0.1) is 0 Å². The average Bonchev–Trinajstić information content (AvgIpc) is 2.66. The number of rotatable bonds is 14. The molecule has 0 aliphatic rings. The van der Waals surface area contributed by atoms with E-state index < -0.39 is 0 Å². The lowest BCUT2D eigenvalue weighted by atomic mass is 10.5. The van der Waals surface area contributed by atoms with E-state index in [-0.39, 0.29) is 49.8 Å². The van der Waals surface area contributed by atoms with E-state index in [9.17, 15) is 9.59 Å². The molecular formula is C14H24N6O6. The van der Waals surface area contributed by atoms with Crippen molar-refractivity contribution >= 4 is 11.8 Å². The molecule has 0 bridgehead atoms. The standard InChI is InChI=1S/C14H24N6O6/c1-23-3-5-25-9-13(21)15-7-11-17-19-12(20-18-11)8-16-14(22)10-26-6-4-24-2/h3-10H2,1-2H3,(H,15,21)(H,16,22).